The third-order valence-electron chi connectivity index (χ3n) is 3.94. The van der Waals surface area contributed by atoms with Crippen LogP contribution in [0.1, 0.15) is 46.4 Å². The van der Waals surface area contributed by atoms with Crippen molar-refractivity contribution in [1.82, 2.24) is 9.55 Å². The van der Waals surface area contributed by atoms with Gasteiger partial charge in [-0.1, -0.05) is 28.1 Å². The molecule has 2 aromatic heterocycles. The predicted molar refractivity (Wildman–Crippen MR) is 96.8 cm³/mol. The number of benzene rings is 1. The van der Waals surface area contributed by atoms with E-state index in [9.17, 15) is 9.59 Å². The maximum absolute atomic E-state index is 12.2. The molecule has 0 saturated carbocycles. The highest BCUT2D eigenvalue weighted by molar-refractivity contribution is 9.09. The van der Waals surface area contributed by atoms with Gasteiger partial charge in [0.15, 0.2) is 0 Å². The molecule has 0 bridgehead atoms. The molecule has 1 atom stereocenters. The molecular weight excluding hydrogens is 372 g/mol. The lowest BCUT2D eigenvalue weighted by atomic mass is 10.0. The topological polar surface area (TPSA) is 61.2 Å². The molecule has 1 aromatic carbocycles. The molecular formula is C18H17BrN2O3. The van der Waals surface area contributed by atoms with E-state index in [-0.39, 0.29) is 23.0 Å². The minimum absolute atomic E-state index is 0.0972. The van der Waals surface area contributed by atoms with Crippen LogP contribution in [0.25, 0.3) is 21.8 Å². The van der Waals surface area contributed by atoms with E-state index in [0.29, 0.717) is 5.52 Å². The van der Waals surface area contributed by atoms with Crippen LogP contribution in [0.4, 0.5) is 0 Å². The van der Waals surface area contributed by atoms with Crippen molar-refractivity contribution in [2.45, 2.75) is 25.6 Å². The van der Waals surface area contributed by atoms with E-state index in [1.807, 2.05) is 25.1 Å². The Hall–Kier alpha value is -2.21. The molecule has 0 saturated heterocycles. The van der Waals surface area contributed by atoms with Gasteiger partial charge in [-0.3, -0.25) is 9.36 Å². The molecule has 0 aliphatic heterocycles. The molecule has 0 spiro atoms. The second-order valence-electron chi connectivity index (χ2n) is 5.52. The second kappa shape index (κ2) is 6.36. The highest BCUT2D eigenvalue weighted by Crippen LogP contribution is 2.36. The summed E-state index contributed by atoms with van der Waals surface area (Å²) in [4.78, 5) is 28.5. The van der Waals surface area contributed by atoms with Crippen LogP contribution in [-0.2, 0) is 4.74 Å². The Labute approximate surface area is 147 Å². The Morgan fingerprint density at radius 3 is 2.71 bits per heavy atom. The smallest absolute Gasteiger partial charge is 0.356 e. The summed E-state index contributed by atoms with van der Waals surface area (Å²) >= 11 is 3.61. The number of hydrogen-bond donors (Lipinski definition) is 0. The van der Waals surface area contributed by atoms with Gasteiger partial charge in [0.2, 0.25) is 5.91 Å². The standard InChI is InChI=1S/C18H17BrN2O3/c1-4-24-18(23)14-8-13-16(9-20-14)21(11(3)22)15-7-5-6-12(10(2)19)17(13)15/h5-10H,4H2,1-3H3. The summed E-state index contributed by atoms with van der Waals surface area (Å²) in [7, 11) is 0. The minimum Gasteiger partial charge on any atom is -0.461 e. The van der Waals surface area contributed by atoms with Crippen LogP contribution < -0.4 is 0 Å². The van der Waals surface area contributed by atoms with Crippen molar-refractivity contribution in [1.29, 1.82) is 0 Å². The Bertz CT molecular complexity index is 960. The molecule has 6 heteroatoms. The van der Waals surface area contributed by atoms with Crippen LogP contribution in [0.3, 0.4) is 0 Å². The molecule has 5 nitrogen and oxygen atoms in total. The number of pyridine rings is 1. The summed E-state index contributed by atoms with van der Waals surface area (Å²) in [5.74, 6) is -0.562. The fourth-order valence-corrected chi connectivity index (χ4v) is 3.36. The first-order chi connectivity index (χ1) is 11.5. The lowest BCUT2D eigenvalue weighted by Crippen LogP contribution is -2.08. The third kappa shape index (κ3) is 2.60. The van der Waals surface area contributed by atoms with E-state index >= 15 is 0 Å². The summed E-state index contributed by atoms with van der Waals surface area (Å²) in [6, 6.07) is 7.54. The van der Waals surface area contributed by atoms with Gasteiger partial charge in [0.1, 0.15) is 5.69 Å². The van der Waals surface area contributed by atoms with Crippen LogP contribution >= 0.6 is 15.9 Å². The second-order valence-corrected chi connectivity index (χ2v) is 6.89. The third-order valence-corrected chi connectivity index (χ3v) is 4.43. The predicted octanol–water partition coefficient (Wildman–Crippen LogP) is 4.48. The minimum atomic E-state index is -0.465. The molecule has 0 N–H and O–H groups in total. The quantitative estimate of drug-likeness (QED) is 0.490. The van der Waals surface area contributed by atoms with Gasteiger partial charge < -0.3 is 4.74 Å². The number of carbonyl (C=O) groups is 2. The maximum atomic E-state index is 12.2. The summed E-state index contributed by atoms with van der Waals surface area (Å²) < 4.78 is 6.67. The van der Waals surface area contributed by atoms with E-state index in [1.165, 1.54) is 6.92 Å². The van der Waals surface area contributed by atoms with Gasteiger partial charge in [0.25, 0.3) is 0 Å². The van der Waals surface area contributed by atoms with Crippen LogP contribution in [0, 0.1) is 0 Å². The molecule has 0 aliphatic rings. The van der Waals surface area contributed by atoms with Crippen LogP contribution in [-0.4, -0.2) is 28.0 Å². The summed E-state index contributed by atoms with van der Waals surface area (Å²) in [5, 5.41) is 1.76. The van der Waals surface area contributed by atoms with Gasteiger partial charge >= 0.3 is 5.97 Å². The Morgan fingerprint density at radius 1 is 1.33 bits per heavy atom. The summed E-state index contributed by atoms with van der Waals surface area (Å²) in [5.41, 5.74) is 2.79. The average molecular weight is 389 g/mol. The van der Waals surface area contributed by atoms with Crippen molar-refractivity contribution in [3.8, 4) is 0 Å². The van der Waals surface area contributed by atoms with Gasteiger partial charge in [-0.25, -0.2) is 9.78 Å². The number of alkyl halides is 1. The van der Waals surface area contributed by atoms with Crippen LogP contribution in [0.15, 0.2) is 30.5 Å². The fraction of sp³-hybridized carbons (Fsp3) is 0.278. The van der Waals surface area contributed by atoms with E-state index in [2.05, 4.69) is 20.9 Å². The van der Waals surface area contributed by atoms with E-state index < -0.39 is 5.97 Å². The van der Waals surface area contributed by atoms with Crippen molar-refractivity contribution in [3.63, 3.8) is 0 Å². The number of carbonyl (C=O) groups excluding carboxylic acids is 2. The van der Waals surface area contributed by atoms with E-state index in [0.717, 1.165) is 21.9 Å². The number of nitrogens with zero attached hydrogens (tertiary/aromatic N) is 2. The van der Waals surface area contributed by atoms with Crippen LogP contribution in [0.2, 0.25) is 0 Å². The van der Waals surface area contributed by atoms with Gasteiger partial charge in [-0.15, -0.1) is 0 Å². The number of fused-ring (bicyclic) bond motifs is 3. The Balaban J connectivity index is 2.42. The normalized spacial score (nSPS) is 12.5. The molecule has 0 fully saturated rings. The molecule has 0 radical (unpaired) electrons. The number of aromatic nitrogens is 2. The SMILES string of the molecule is CCOC(=O)c1cc2c3c(C(C)Br)cccc3n(C(C)=O)c2cn1. The number of rotatable bonds is 3. The molecule has 124 valence electrons. The summed E-state index contributed by atoms with van der Waals surface area (Å²) in [6.07, 6.45) is 1.56. The molecule has 1 unspecified atom stereocenters. The molecule has 24 heavy (non-hydrogen) atoms. The van der Waals surface area contributed by atoms with E-state index in [4.69, 9.17) is 4.74 Å². The average Bonchev–Trinajstić information content (AvgIpc) is 2.88. The first kappa shape index (κ1) is 16.6. The lowest BCUT2D eigenvalue weighted by molar-refractivity contribution is 0.0519. The van der Waals surface area contributed by atoms with Crippen molar-refractivity contribution in [3.05, 3.63) is 41.7 Å². The van der Waals surface area contributed by atoms with Gasteiger partial charge in [0.05, 0.1) is 23.8 Å². The summed E-state index contributed by atoms with van der Waals surface area (Å²) in [6.45, 7) is 5.58. The number of ether oxygens (including phenoxy) is 1. The highest BCUT2D eigenvalue weighted by atomic mass is 79.9. The Morgan fingerprint density at radius 2 is 2.08 bits per heavy atom. The Kier molecular flexibility index (Phi) is 4.41. The first-order valence-corrected chi connectivity index (χ1v) is 8.62. The zero-order chi connectivity index (χ0) is 17.4. The largest absolute Gasteiger partial charge is 0.461 e. The van der Waals surface area contributed by atoms with Crippen LogP contribution in [0.5, 0.6) is 0 Å². The maximum Gasteiger partial charge on any atom is 0.356 e. The molecule has 3 aromatic rings. The fourth-order valence-electron chi connectivity index (χ4n) is 2.98. The zero-order valence-corrected chi connectivity index (χ0v) is 15.3. The number of esters is 1. The number of hydrogen-bond acceptors (Lipinski definition) is 4. The first-order valence-electron chi connectivity index (χ1n) is 7.71. The van der Waals surface area contributed by atoms with E-state index in [1.54, 1.807) is 23.8 Å². The highest BCUT2D eigenvalue weighted by Gasteiger charge is 2.20. The van der Waals surface area contributed by atoms with Crippen molar-refractivity contribution < 1.29 is 14.3 Å². The number of halogens is 1. The van der Waals surface area contributed by atoms with Crippen molar-refractivity contribution in [2.75, 3.05) is 6.61 Å². The molecule has 0 aliphatic carbocycles. The molecule has 3 rings (SSSR count). The molecule has 0 amide bonds. The van der Waals surface area contributed by atoms with Crippen molar-refractivity contribution >= 4 is 49.6 Å². The zero-order valence-electron chi connectivity index (χ0n) is 13.7. The van der Waals surface area contributed by atoms with Crippen molar-refractivity contribution in [2.24, 2.45) is 0 Å². The van der Waals surface area contributed by atoms with Gasteiger partial charge in [-0.05, 0) is 31.5 Å². The lowest BCUT2D eigenvalue weighted by Gasteiger charge is -2.07. The molecule has 2 heterocycles. The van der Waals surface area contributed by atoms with Gasteiger partial charge in [-0.2, -0.15) is 0 Å². The van der Waals surface area contributed by atoms with Gasteiger partial charge in [0, 0.05) is 22.5 Å². The monoisotopic (exact) mass is 388 g/mol.